The molecule has 9 atom stereocenters. The van der Waals surface area contributed by atoms with Crippen LogP contribution in [0, 0.1) is 69.5 Å². The molecule has 6 aliphatic carbocycles. The minimum absolute atomic E-state index is 0.0555. The van der Waals surface area contributed by atoms with Crippen molar-refractivity contribution in [2.24, 2.45) is 58.2 Å². The molecule has 0 heterocycles. The fourth-order valence-electron chi connectivity index (χ4n) is 9.39. The van der Waals surface area contributed by atoms with E-state index in [2.05, 4.69) is 26.0 Å². The molecule has 6 aliphatic rings. The van der Waals surface area contributed by atoms with Crippen molar-refractivity contribution in [1.29, 1.82) is 5.26 Å². The van der Waals surface area contributed by atoms with Gasteiger partial charge in [-0.05, 0) is 110 Å². The van der Waals surface area contributed by atoms with Crippen LogP contribution in [-0.4, -0.2) is 5.78 Å². The van der Waals surface area contributed by atoms with E-state index in [9.17, 15) is 10.1 Å². The van der Waals surface area contributed by atoms with Gasteiger partial charge in [-0.2, -0.15) is 5.26 Å². The van der Waals surface area contributed by atoms with E-state index in [1.165, 1.54) is 44.1 Å². The normalized spacial score (nSPS) is 55.5. The molecule has 0 radical (unpaired) electrons. The highest BCUT2D eigenvalue weighted by atomic mass is 16.1. The van der Waals surface area contributed by atoms with Crippen molar-refractivity contribution in [2.45, 2.75) is 71.6 Å². The predicted molar refractivity (Wildman–Crippen MR) is 104 cm³/mol. The molecule has 5 fully saturated rings. The summed E-state index contributed by atoms with van der Waals surface area (Å²) in [7, 11) is 0. The maximum atomic E-state index is 12.1. The molecule has 27 heavy (non-hydrogen) atoms. The lowest BCUT2D eigenvalue weighted by Gasteiger charge is -2.59. The van der Waals surface area contributed by atoms with Crippen LogP contribution in [0.1, 0.15) is 71.6 Å². The van der Waals surface area contributed by atoms with Gasteiger partial charge < -0.3 is 0 Å². The van der Waals surface area contributed by atoms with E-state index in [0.29, 0.717) is 17.6 Å². The van der Waals surface area contributed by atoms with Crippen molar-refractivity contribution in [3.05, 3.63) is 11.6 Å². The summed E-state index contributed by atoms with van der Waals surface area (Å²) >= 11 is 0. The highest BCUT2D eigenvalue weighted by molar-refractivity contribution is 5.91. The molecule has 0 unspecified atom stereocenters. The van der Waals surface area contributed by atoms with E-state index in [4.69, 9.17) is 0 Å². The Hall–Kier alpha value is -1.10. The summed E-state index contributed by atoms with van der Waals surface area (Å²) in [6.45, 7) is 4.80. The number of carbonyl (C=O) groups excluding carboxylic acids is 1. The van der Waals surface area contributed by atoms with E-state index in [1.807, 2.05) is 0 Å². The third-order valence-electron chi connectivity index (χ3n) is 10.6. The zero-order chi connectivity index (χ0) is 18.6. The molecule has 144 valence electrons. The Morgan fingerprint density at radius 2 is 2.00 bits per heavy atom. The van der Waals surface area contributed by atoms with E-state index in [-0.39, 0.29) is 10.8 Å². The van der Waals surface area contributed by atoms with Crippen LogP contribution in [0.4, 0.5) is 0 Å². The van der Waals surface area contributed by atoms with Crippen molar-refractivity contribution >= 4 is 5.78 Å². The van der Waals surface area contributed by atoms with Gasteiger partial charge in [0.25, 0.3) is 0 Å². The number of nitriles is 1. The summed E-state index contributed by atoms with van der Waals surface area (Å²) in [5, 5.41) is 10.3. The Labute approximate surface area is 163 Å². The van der Waals surface area contributed by atoms with E-state index < -0.39 is 0 Å². The Morgan fingerprint density at radius 3 is 2.70 bits per heavy atom. The fraction of sp³-hybridized carbons (Fsp3) is 0.840. The number of carbonyl (C=O) groups is 1. The van der Waals surface area contributed by atoms with Crippen molar-refractivity contribution in [3.8, 4) is 6.07 Å². The lowest BCUT2D eigenvalue weighted by atomic mass is 9.44. The minimum Gasteiger partial charge on any atom is -0.295 e. The number of fused-ring (bicyclic) bond motifs is 7. The van der Waals surface area contributed by atoms with Crippen molar-refractivity contribution in [2.75, 3.05) is 0 Å². The molecule has 2 heteroatoms. The average Bonchev–Trinajstić information content (AvgIpc) is 3.57. The van der Waals surface area contributed by atoms with Gasteiger partial charge in [0, 0.05) is 6.42 Å². The van der Waals surface area contributed by atoms with Gasteiger partial charge in [0.05, 0.1) is 11.5 Å². The third-order valence-corrected chi connectivity index (χ3v) is 10.6. The van der Waals surface area contributed by atoms with E-state index in [1.54, 1.807) is 0 Å². The number of hydrogen-bond donors (Lipinski definition) is 0. The van der Waals surface area contributed by atoms with Crippen LogP contribution >= 0.6 is 0 Å². The monoisotopic (exact) mass is 363 g/mol. The van der Waals surface area contributed by atoms with E-state index in [0.717, 1.165) is 54.8 Å². The molecule has 6 rings (SSSR count). The fourth-order valence-corrected chi connectivity index (χ4v) is 9.39. The Morgan fingerprint density at radius 1 is 1.19 bits per heavy atom. The number of nitrogens with zero attached hydrogens (tertiary/aromatic N) is 1. The first-order chi connectivity index (χ1) is 13.0. The van der Waals surface area contributed by atoms with Crippen LogP contribution in [0.3, 0.4) is 0 Å². The molecule has 0 aromatic heterocycles. The number of allylic oxidation sites excluding steroid dienone is 1. The molecule has 0 aromatic rings. The molecule has 0 aliphatic heterocycles. The summed E-state index contributed by atoms with van der Waals surface area (Å²) in [6, 6.07) is 2.92. The number of ketones is 1. The van der Waals surface area contributed by atoms with Crippen LogP contribution < -0.4 is 0 Å². The molecule has 5 saturated carbocycles. The largest absolute Gasteiger partial charge is 0.295 e. The standard InChI is InChI=1S/C25H33NO/c1-3-25(13-26)21-12-20(21)23-22-18(8-9-24(23,25)2)17-7-6-16(27)10-15(17)11-19(22)14-4-5-14/h10,14,17-23H,3-9,11-12H2,1-2H3/t17-,18+,19+,20+,21-,22-,23-,24-,25-/m0/s1. The van der Waals surface area contributed by atoms with Gasteiger partial charge in [0.2, 0.25) is 0 Å². The lowest BCUT2D eigenvalue weighted by Crippen LogP contribution is -2.54. The minimum atomic E-state index is -0.0555. The molecular formula is C25H33NO. The molecule has 0 aromatic carbocycles. The van der Waals surface area contributed by atoms with Gasteiger partial charge >= 0.3 is 0 Å². The quantitative estimate of drug-likeness (QED) is 0.646. The van der Waals surface area contributed by atoms with Crippen LogP contribution in [0.15, 0.2) is 11.6 Å². The Bertz CT molecular complexity index is 772. The van der Waals surface area contributed by atoms with Crippen molar-refractivity contribution < 1.29 is 4.79 Å². The smallest absolute Gasteiger partial charge is 0.155 e. The second kappa shape index (κ2) is 5.28. The SMILES string of the molecule is CC[C@]1(C#N)[C@H]2C[C@H]2[C@H]2[C@H]3[C@H](CC[C@@]21C)[C@H]1CCC(=O)C=C1C[C@@H]3C1CC1. The van der Waals surface area contributed by atoms with Gasteiger partial charge in [-0.3, -0.25) is 4.79 Å². The first kappa shape index (κ1) is 16.8. The highest BCUT2D eigenvalue weighted by Gasteiger charge is 2.76. The Balaban J connectivity index is 1.44. The third kappa shape index (κ3) is 1.95. The summed E-state index contributed by atoms with van der Waals surface area (Å²) in [4.78, 5) is 12.1. The second-order valence-electron chi connectivity index (χ2n) is 11.2. The van der Waals surface area contributed by atoms with Gasteiger partial charge in [-0.1, -0.05) is 19.4 Å². The van der Waals surface area contributed by atoms with Crippen LogP contribution in [0.2, 0.25) is 0 Å². The van der Waals surface area contributed by atoms with Gasteiger partial charge in [-0.15, -0.1) is 0 Å². The van der Waals surface area contributed by atoms with Crippen LogP contribution in [0.5, 0.6) is 0 Å². The number of rotatable bonds is 2. The lowest BCUT2D eigenvalue weighted by molar-refractivity contribution is -0.117. The molecule has 0 N–H and O–H groups in total. The Kier molecular flexibility index (Phi) is 3.29. The summed E-state index contributed by atoms with van der Waals surface area (Å²) in [5.41, 5.74) is 1.71. The molecule has 0 spiro atoms. The van der Waals surface area contributed by atoms with Crippen molar-refractivity contribution in [1.82, 2.24) is 0 Å². The van der Waals surface area contributed by atoms with E-state index >= 15 is 0 Å². The summed E-state index contributed by atoms with van der Waals surface area (Å²) < 4.78 is 0. The first-order valence-electron chi connectivity index (χ1n) is 11.7. The molecule has 0 amide bonds. The van der Waals surface area contributed by atoms with Crippen LogP contribution in [-0.2, 0) is 4.79 Å². The van der Waals surface area contributed by atoms with Gasteiger partial charge in [0.1, 0.15) is 0 Å². The van der Waals surface area contributed by atoms with Gasteiger partial charge in [0.15, 0.2) is 5.78 Å². The van der Waals surface area contributed by atoms with Crippen molar-refractivity contribution in [3.63, 3.8) is 0 Å². The predicted octanol–water partition coefficient (Wildman–Crippen LogP) is 5.54. The average molecular weight is 364 g/mol. The van der Waals surface area contributed by atoms with Gasteiger partial charge in [-0.25, -0.2) is 0 Å². The topological polar surface area (TPSA) is 40.9 Å². The highest BCUT2D eigenvalue weighted by Crippen LogP contribution is 2.80. The maximum absolute atomic E-state index is 12.1. The first-order valence-corrected chi connectivity index (χ1v) is 11.7. The summed E-state index contributed by atoms with van der Waals surface area (Å²) in [5.74, 6) is 6.72. The second-order valence-corrected chi connectivity index (χ2v) is 11.2. The molecule has 0 bridgehead atoms. The zero-order valence-corrected chi connectivity index (χ0v) is 16.9. The van der Waals surface area contributed by atoms with Crippen LogP contribution in [0.25, 0.3) is 0 Å². The summed E-state index contributed by atoms with van der Waals surface area (Å²) in [6.07, 6.45) is 12.9. The number of hydrogen-bond acceptors (Lipinski definition) is 2. The maximum Gasteiger partial charge on any atom is 0.155 e. The molecular weight excluding hydrogens is 330 g/mol. The zero-order valence-electron chi connectivity index (χ0n) is 16.9. The molecule has 0 saturated heterocycles. The molecule has 2 nitrogen and oxygen atoms in total.